The van der Waals surface area contributed by atoms with Crippen molar-refractivity contribution in [2.24, 2.45) is 5.92 Å². The van der Waals surface area contributed by atoms with Gasteiger partial charge in [0.05, 0.1) is 0 Å². The number of benzene rings is 1. The highest BCUT2D eigenvalue weighted by atomic mass is 28.3. The van der Waals surface area contributed by atoms with E-state index in [1.807, 2.05) is 0 Å². The van der Waals surface area contributed by atoms with Crippen LogP contribution < -0.4 is 4.98 Å². The Balaban J connectivity index is 2.24. The zero-order valence-electron chi connectivity index (χ0n) is 13.6. The van der Waals surface area contributed by atoms with Crippen molar-refractivity contribution in [2.75, 3.05) is 4.98 Å². The molecule has 0 aromatic heterocycles. The van der Waals surface area contributed by atoms with E-state index in [9.17, 15) is 0 Å². The fourth-order valence-corrected chi connectivity index (χ4v) is 5.60. The third kappa shape index (κ3) is 2.75. The highest BCUT2D eigenvalue weighted by Crippen LogP contribution is 2.38. The van der Waals surface area contributed by atoms with E-state index in [1.54, 1.807) is 10.8 Å². The summed E-state index contributed by atoms with van der Waals surface area (Å²) in [4.78, 5) is 3.82. The minimum absolute atomic E-state index is 0.613. The molecule has 1 aromatic rings. The van der Waals surface area contributed by atoms with E-state index in [4.69, 9.17) is 0 Å². The van der Waals surface area contributed by atoms with E-state index < -0.39 is 8.96 Å². The van der Waals surface area contributed by atoms with Gasteiger partial charge in [0.2, 0.25) is 0 Å². The molecule has 1 aliphatic carbocycles. The Morgan fingerprint density at radius 2 is 1.60 bits per heavy atom. The van der Waals surface area contributed by atoms with Crippen molar-refractivity contribution in [1.82, 2.24) is 0 Å². The Labute approximate surface area is 125 Å². The lowest BCUT2D eigenvalue weighted by molar-refractivity contribution is 0.850. The topological polar surface area (TPSA) is 12.0 Å². The molecule has 0 spiro atoms. The summed E-state index contributed by atoms with van der Waals surface area (Å²) in [7, 11) is -0.701. The monoisotopic (exact) mass is 284 g/mol. The molecule has 0 saturated carbocycles. The third-order valence-corrected chi connectivity index (χ3v) is 7.42. The zero-order chi connectivity index (χ0) is 14.9. The molecule has 1 radical (unpaired) electrons. The largest absolute Gasteiger partial charge is 0.407 e. The fraction of sp³-hybridized carbons (Fsp3) is 0.444. The minimum atomic E-state index is -0.701. The quantitative estimate of drug-likeness (QED) is 0.744. The van der Waals surface area contributed by atoms with Crippen molar-refractivity contribution in [3.63, 3.8) is 0 Å². The van der Waals surface area contributed by atoms with Gasteiger partial charge >= 0.3 is 0 Å². The number of rotatable bonds is 4. The molecule has 0 heterocycles. The second kappa shape index (κ2) is 6.00. The van der Waals surface area contributed by atoms with Gasteiger partial charge in [0.25, 0.3) is 0 Å². The van der Waals surface area contributed by atoms with Crippen molar-refractivity contribution in [1.29, 1.82) is 0 Å². The van der Waals surface area contributed by atoms with Gasteiger partial charge in [-0.3, -0.25) is 0 Å². The second-order valence-corrected chi connectivity index (χ2v) is 8.34. The highest BCUT2D eigenvalue weighted by Gasteiger charge is 2.30. The average Bonchev–Trinajstić information content (AvgIpc) is 2.63. The molecule has 0 aliphatic heterocycles. The summed E-state index contributed by atoms with van der Waals surface area (Å²) in [5, 5.41) is 1.67. The van der Waals surface area contributed by atoms with Crippen LogP contribution in [0.5, 0.6) is 0 Å². The Morgan fingerprint density at radius 1 is 1.00 bits per heavy atom. The SMILES string of the molecule is CC[Si](Nc1ccc(C)cc1)C1=C(C)C(C)=C(C)C1C. The van der Waals surface area contributed by atoms with Gasteiger partial charge < -0.3 is 4.98 Å². The van der Waals surface area contributed by atoms with E-state index in [0.29, 0.717) is 5.92 Å². The van der Waals surface area contributed by atoms with E-state index in [1.165, 1.54) is 28.4 Å². The summed E-state index contributed by atoms with van der Waals surface area (Å²) in [5.74, 6) is 0.613. The Bertz CT molecular complexity index is 551. The lowest BCUT2D eigenvalue weighted by Gasteiger charge is -2.23. The second-order valence-electron chi connectivity index (χ2n) is 5.89. The van der Waals surface area contributed by atoms with E-state index in [-0.39, 0.29) is 0 Å². The predicted molar refractivity (Wildman–Crippen MR) is 91.3 cm³/mol. The van der Waals surface area contributed by atoms with Crippen LogP contribution in [-0.2, 0) is 0 Å². The Hall–Kier alpha value is -1.28. The number of hydrogen-bond donors (Lipinski definition) is 1. The molecule has 1 unspecified atom stereocenters. The van der Waals surface area contributed by atoms with Crippen LogP contribution in [0.4, 0.5) is 5.69 Å². The van der Waals surface area contributed by atoms with Gasteiger partial charge in [0, 0.05) is 5.69 Å². The number of aryl methyl sites for hydroxylation is 1. The average molecular weight is 284 g/mol. The summed E-state index contributed by atoms with van der Waals surface area (Å²) in [5.41, 5.74) is 7.18. The van der Waals surface area contributed by atoms with Crippen LogP contribution in [0, 0.1) is 12.8 Å². The first kappa shape index (κ1) is 15.1. The number of hydrogen-bond acceptors (Lipinski definition) is 1. The van der Waals surface area contributed by atoms with Crippen LogP contribution in [0.3, 0.4) is 0 Å². The molecule has 2 heteroatoms. The Kier molecular flexibility index (Phi) is 4.54. The van der Waals surface area contributed by atoms with Crippen molar-refractivity contribution < 1.29 is 0 Å². The predicted octanol–water partition coefficient (Wildman–Crippen LogP) is 5.26. The summed E-state index contributed by atoms with van der Waals surface area (Å²) in [6.45, 7) is 13.7. The van der Waals surface area contributed by atoms with E-state index >= 15 is 0 Å². The molecule has 2 rings (SSSR count). The first-order valence-corrected chi connectivity index (χ1v) is 9.24. The molecule has 107 valence electrons. The summed E-state index contributed by atoms with van der Waals surface area (Å²) < 4.78 is 0. The molecule has 0 saturated heterocycles. The zero-order valence-corrected chi connectivity index (χ0v) is 14.6. The standard InChI is InChI=1S/C18H26NSi/c1-7-20(19-17-10-8-12(2)9-11-17)18-15(5)13(3)14(4)16(18)6/h8-11,15,19H,7H2,1-6H3. The third-order valence-electron chi connectivity index (χ3n) is 4.67. The number of nitrogens with one attached hydrogen (secondary N) is 1. The maximum absolute atomic E-state index is 3.82. The summed E-state index contributed by atoms with van der Waals surface area (Å²) in [6.07, 6.45) is 0. The lowest BCUT2D eigenvalue weighted by atomic mass is 10.1. The molecule has 0 amide bonds. The van der Waals surface area contributed by atoms with Crippen LogP contribution in [0.1, 0.15) is 40.2 Å². The maximum Gasteiger partial charge on any atom is 0.199 e. The van der Waals surface area contributed by atoms with Gasteiger partial charge in [0.1, 0.15) is 0 Å². The van der Waals surface area contributed by atoms with Crippen LogP contribution in [0.15, 0.2) is 46.2 Å². The molecular formula is C18H26NSi. The fourth-order valence-electron chi connectivity index (χ4n) is 3.01. The molecule has 20 heavy (non-hydrogen) atoms. The van der Waals surface area contributed by atoms with Gasteiger partial charge in [-0.15, -0.1) is 0 Å². The lowest BCUT2D eigenvalue weighted by Crippen LogP contribution is -2.30. The van der Waals surface area contributed by atoms with Crippen molar-refractivity contribution in [2.45, 2.75) is 47.6 Å². The first-order chi connectivity index (χ1) is 9.45. The van der Waals surface area contributed by atoms with Gasteiger partial charge in [0.15, 0.2) is 8.96 Å². The Morgan fingerprint density at radius 3 is 2.05 bits per heavy atom. The van der Waals surface area contributed by atoms with Gasteiger partial charge in [-0.05, 0) is 57.4 Å². The van der Waals surface area contributed by atoms with Gasteiger partial charge in [-0.2, -0.15) is 0 Å². The van der Waals surface area contributed by atoms with Crippen LogP contribution in [0.2, 0.25) is 6.04 Å². The summed E-state index contributed by atoms with van der Waals surface area (Å²) in [6, 6.07) is 10.0. The van der Waals surface area contributed by atoms with Crippen molar-refractivity contribution >= 4 is 14.6 Å². The molecule has 0 fully saturated rings. The normalized spacial score (nSPS) is 19.2. The smallest absolute Gasteiger partial charge is 0.199 e. The number of allylic oxidation sites excluding steroid dienone is 4. The van der Waals surface area contributed by atoms with Crippen LogP contribution in [0.25, 0.3) is 0 Å². The van der Waals surface area contributed by atoms with Gasteiger partial charge in [-0.1, -0.05) is 47.9 Å². The van der Waals surface area contributed by atoms with Crippen molar-refractivity contribution in [3.8, 4) is 0 Å². The van der Waals surface area contributed by atoms with E-state index in [2.05, 4.69) is 70.8 Å². The van der Waals surface area contributed by atoms with Crippen molar-refractivity contribution in [3.05, 3.63) is 51.7 Å². The minimum Gasteiger partial charge on any atom is -0.407 e. The molecular weight excluding hydrogens is 258 g/mol. The molecule has 1 aliphatic rings. The van der Waals surface area contributed by atoms with Crippen LogP contribution in [-0.4, -0.2) is 8.96 Å². The summed E-state index contributed by atoms with van der Waals surface area (Å²) >= 11 is 0. The first-order valence-electron chi connectivity index (χ1n) is 7.54. The van der Waals surface area contributed by atoms with Gasteiger partial charge in [-0.25, -0.2) is 0 Å². The molecule has 1 aromatic carbocycles. The highest BCUT2D eigenvalue weighted by molar-refractivity contribution is 6.70. The molecule has 0 bridgehead atoms. The van der Waals surface area contributed by atoms with Crippen LogP contribution >= 0.6 is 0 Å². The number of anilines is 1. The molecule has 1 atom stereocenters. The molecule has 1 N–H and O–H groups in total. The van der Waals surface area contributed by atoms with E-state index in [0.717, 1.165) is 0 Å². The maximum atomic E-state index is 3.82. The molecule has 1 nitrogen and oxygen atoms in total.